The Kier molecular flexibility index (Phi) is 4.39. The lowest BCUT2D eigenvalue weighted by molar-refractivity contribution is 0.0903. The molecule has 23 heavy (non-hydrogen) atoms. The minimum absolute atomic E-state index is 0.117. The van der Waals surface area contributed by atoms with Crippen molar-refractivity contribution in [3.05, 3.63) is 11.8 Å². The summed E-state index contributed by atoms with van der Waals surface area (Å²) in [5.41, 5.74) is 5.68. The quantitative estimate of drug-likeness (QED) is 0.738. The molecule has 0 aromatic carbocycles. The summed E-state index contributed by atoms with van der Waals surface area (Å²) in [4.78, 5) is 20.4. The van der Waals surface area contributed by atoms with Gasteiger partial charge in [0.2, 0.25) is 5.95 Å². The predicted molar refractivity (Wildman–Crippen MR) is 88.4 cm³/mol. The Morgan fingerprint density at radius 1 is 1.30 bits per heavy atom. The lowest BCUT2D eigenvalue weighted by atomic mass is 9.98. The van der Waals surface area contributed by atoms with Crippen LogP contribution in [0.25, 0.3) is 0 Å². The van der Waals surface area contributed by atoms with E-state index >= 15 is 0 Å². The second-order valence-corrected chi connectivity index (χ2v) is 6.97. The number of primary amides is 1. The number of nitrogens with two attached hydrogens (primary N) is 1. The molecule has 0 radical (unpaired) electrons. The zero-order valence-corrected chi connectivity index (χ0v) is 13.8. The van der Waals surface area contributed by atoms with Gasteiger partial charge < -0.3 is 21.1 Å². The molecule has 0 bridgehead atoms. The van der Waals surface area contributed by atoms with Crippen LogP contribution in [0.2, 0.25) is 0 Å². The van der Waals surface area contributed by atoms with Crippen molar-refractivity contribution in [2.24, 2.45) is 11.7 Å². The molecule has 1 saturated carbocycles. The molecule has 1 aromatic heterocycles. The average Bonchev–Trinajstić information content (AvgIpc) is 3.33. The van der Waals surface area contributed by atoms with E-state index in [1.807, 2.05) is 0 Å². The first-order valence-corrected chi connectivity index (χ1v) is 8.25. The van der Waals surface area contributed by atoms with Gasteiger partial charge in [-0.3, -0.25) is 4.79 Å². The average molecular weight is 319 g/mol. The minimum Gasteiger partial charge on any atom is -0.381 e. The van der Waals surface area contributed by atoms with E-state index < -0.39 is 5.91 Å². The fraction of sp³-hybridized carbons (Fsp3) is 0.688. The number of nitrogens with one attached hydrogen (secondary N) is 2. The predicted octanol–water partition coefficient (Wildman–Crippen LogP) is 1.77. The molecule has 2 aliphatic rings. The third-order valence-corrected chi connectivity index (χ3v) is 4.65. The maximum absolute atomic E-state index is 11.7. The van der Waals surface area contributed by atoms with Crippen LogP contribution >= 0.6 is 0 Å². The maximum Gasteiger partial charge on any atom is 0.254 e. The van der Waals surface area contributed by atoms with Crippen molar-refractivity contribution >= 4 is 17.7 Å². The summed E-state index contributed by atoms with van der Waals surface area (Å²) < 4.78 is 5.36. The number of anilines is 2. The summed E-state index contributed by atoms with van der Waals surface area (Å²) in [7, 11) is 0. The molecule has 2 heterocycles. The van der Waals surface area contributed by atoms with Gasteiger partial charge in [-0.1, -0.05) is 0 Å². The van der Waals surface area contributed by atoms with Gasteiger partial charge in [0.05, 0.1) is 5.56 Å². The second kappa shape index (κ2) is 6.31. The van der Waals surface area contributed by atoms with Crippen LogP contribution in [0.1, 0.15) is 49.9 Å². The zero-order chi connectivity index (χ0) is 16.4. The number of nitrogens with zero attached hydrogens (tertiary/aromatic N) is 2. The Bertz CT molecular complexity index is 580. The van der Waals surface area contributed by atoms with Crippen LogP contribution in [0, 0.1) is 5.92 Å². The highest BCUT2D eigenvalue weighted by Crippen LogP contribution is 2.41. The van der Waals surface area contributed by atoms with Crippen molar-refractivity contribution in [1.29, 1.82) is 0 Å². The van der Waals surface area contributed by atoms with Crippen molar-refractivity contribution in [2.45, 2.75) is 51.1 Å². The number of carbonyl (C=O) groups excluding carboxylic acids is 1. The fourth-order valence-electron chi connectivity index (χ4n) is 2.96. The van der Waals surface area contributed by atoms with Gasteiger partial charge in [0, 0.05) is 31.0 Å². The van der Waals surface area contributed by atoms with Gasteiger partial charge in [-0.2, -0.15) is 4.98 Å². The highest BCUT2D eigenvalue weighted by Gasteiger charge is 2.38. The van der Waals surface area contributed by atoms with E-state index in [0.29, 0.717) is 29.3 Å². The van der Waals surface area contributed by atoms with Crippen LogP contribution in [-0.4, -0.2) is 40.7 Å². The minimum atomic E-state index is -0.517. The van der Waals surface area contributed by atoms with Crippen LogP contribution in [0.5, 0.6) is 0 Å². The molecule has 7 nitrogen and oxygen atoms in total. The normalized spacial score (nSPS) is 19.4. The summed E-state index contributed by atoms with van der Waals surface area (Å²) >= 11 is 0. The van der Waals surface area contributed by atoms with Gasteiger partial charge in [-0.15, -0.1) is 0 Å². The highest BCUT2D eigenvalue weighted by molar-refractivity contribution is 5.97. The lowest BCUT2D eigenvalue weighted by Crippen LogP contribution is -2.35. The van der Waals surface area contributed by atoms with Gasteiger partial charge >= 0.3 is 0 Å². The van der Waals surface area contributed by atoms with Crippen LogP contribution < -0.4 is 16.4 Å². The van der Waals surface area contributed by atoms with E-state index in [9.17, 15) is 4.79 Å². The molecule has 0 atom stereocenters. The molecule has 1 aliphatic heterocycles. The number of hydrogen-bond donors (Lipinski definition) is 3. The topological polar surface area (TPSA) is 102 Å². The number of rotatable bonds is 6. The summed E-state index contributed by atoms with van der Waals surface area (Å²) in [6.45, 7) is 5.75. The number of ether oxygens (including phenoxy) is 1. The van der Waals surface area contributed by atoms with Gasteiger partial charge in [-0.05, 0) is 45.4 Å². The van der Waals surface area contributed by atoms with Crippen molar-refractivity contribution in [1.82, 2.24) is 9.97 Å². The van der Waals surface area contributed by atoms with E-state index in [2.05, 4.69) is 34.4 Å². The van der Waals surface area contributed by atoms with E-state index in [4.69, 9.17) is 10.5 Å². The first-order chi connectivity index (χ1) is 11.0. The summed E-state index contributed by atoms with van der Waals surface area (Å²) in [6.07, 6.45) is 5.76. The van der Waals surface area contributed by atoms with Crippen LogP contribution in [0.15, 0.2) is 6.20 Å². The first kappa shape index (κ1) is 16.0. The maximum atomic E-state index is 11.7. The smallest absolute Gasteiger partial charge is 0.254 e. The summed E-state index contributed by atoms with van der Waals surface area (Å²) in [5.74, 6) is 1.12. The summed E-state index contributed by atoms with van der Waals surface area (Å²) in [5, 5.41) is 6.71. The number of hydrogen-bond acceptors (Lipinski definition) is 6. The van der Waals surface area contributed by atoms with Crippen molar-refractivity contribution in [2.75, 3.05) is 23.8 Å². The van der Waals surface area contributed by atoms with E-state index in [-0.39, 0.29) is 5.54 Å². The molecule has 1 saturated heterocycles. The standard InChI is InChI=1S/C16H25N5O2/c1-16(2,10-3-4-10)21-14-12(13(17)22)9-18-15(20-14)19-11-5-7-23-8-6-11/h9-11H,3-8H2,1-2H3,(H2,17,22)(H2,18,19,20,21). The molecule has 0 unspecified atom stereocenters. The Morgan fingerprint density at radius 3 is 2.61 bits per heavy atom. The zero-order valence-electron chi connectivity index (χ0n) is 13.8. The monoisotopic (exact) mass is 319 g/mol. The van der Waals surface area contributed by atoms with Gasteiger partial charge in [0.1, 0.15) is 5.82 Å². The van der Waals surface area contributed by atoms with Crippen LogP contribution in [0.3, 0.4) is 0 Å². The first-order valence-electron chi connectivity index (χ1n) is 8.25. The molecule has 126 valence electrons. The Labute approximate surface area is 136 Å². The van der Waals surface area contributed by atoms with E-state index in [1.54, 1.807) is 0 Å². The largest absolute Gasteiger partial charge is 0.381 e. The lowest BCUT2D eigenvalue weighted by Gasteiger charge is -2.28. The molecule has 0 spiro atoms. The van der Waals surface area contributed by atoms with Gasteiger partial charge in [0.25, 0.3) is 5.91 Å². The van der Waals surface area contributed by atoms with E-state index in [0.717, 1.165) is 26.1 Å². The molecule has 2 fully saturated rings. The highest BCUT2D eigenvalue weighted by atomic mass is 16.5. The van der Waals surface area contributed by atoms with Crippen molar-refractivity contribution < 1.29 is 9.53 Å². The van der Waals surface area contributed by atoms with Gasteiger partial charge in [0.15, 0.2) is 0 Å². The van der Waals surface area contributed by atoms with Crippen LogP contribution in [-0.2, 0) is 4.74 Å². The third kappa shape index (κ3) is 3.90. The molecule has 4 N–H and O–H groups in total. The van der Waals surface area contributed by atoms with Crippen molar-refractivity contribution in [3.63, 3.8) is 0 Å². The third-order valence-electron chi connectivity index (χ3n) is 4.65. The Hall–Kier alpha value is -1.89. The SMILES string of the molecule is CC(C)(Nc1nc(NC2CCOCC2)ncc1C(N)=O)C1CC1. The number of aromatic nitrogens is 2. The molecule has 1 amide bonds. The van der Waals surface area contributed by atoms with Crippen molar-refractivity contribution in [3.8, 4) is 0 Å². The number of carbonyl (C=O) groups is 1. The number of amides is 1. The van der Waals surface area contributed by atoms with Crippen LogP contribution in [0.4, 0.5) is 11.8 Å². The molecule has 1 aliphatic carbocycles. The molecule has 7 heteroatoms. The van der Waals surface area contributed by atoms with E-state index in [1.165, 1.54) is 19.0 Å². The molecule has 1 aromatic rings. The molecular weight excluding hydrogens is 294 g/mol. The molecule has 3 rings (SSSR count). The Morgan fingerprint density at radius 2 is 2.00 bits per heavy atom. The Balaban J connectivity index is 1.79. The fourth-order valence-corrected chi connectivity index (χ4v) is 2.96. The molecular formula is C16H25N5O2. The van der Waals surface area contributed by atoms with Gasteiger partial charge in [-0.25, -0.2) is 4.98 Å². The second-order valence-electron chi connectivity index (χ2n) is 6.97. The summed E-state index contributed by atoms with van der Waals surface area (Å²) in [6, 6.07) is 0.299.